The minimum atomic E-state index is -0.269. The summed E-state index contributed by atoms with van der Waals surface area (Å²) >= 11 is 5.21. The number of nitrogens with zero attached hydrogens (tertiary/aromatic N) is 1. The molecule has 0 aliphatic carbocycles. The van der Waals surface area contributed by atoms with Crippen LogP contribution in [0.1, 0.15) is 10.4 Å². The molecule has 3 rings (SSSR count). The Morgan fingerprint density at radius 3 is 2.21 bits per heavy atom. The van der Waals surface area contributed by atoms with E-state index in [9.17, 15) is 9.59 Å². The van der Waals surface area contributed by atoms with Gasteiger partial charge in [-0.25, -0.2) is 0 Å². The summed E-state index contributed by atoms with van der Waals surface area (Å²) < 4.78 is 0. The summed E-state index contributed by atoms with van der Waals surface area (Å²) in [6.45, 7) is 0. The van der Waals surface area contributed by atoms with Crippen molar-refractivity contribution in [1.29, 1.82) is 0 Å². The zero-order valence-electron chi connectivity index (χ0n) is 15.3. The van der Waals surface area contributed by atoms with E-state index in [2.05, 4.69) is 16.2 Å². The topological polar surface area (TPSA) is 99.5 Å². The van der Waals surface area contributed by atoms with Crippen molar-refractivity contribution in [3.05, 3.63) is 84.4 Å². The standard InChI is InChI=1S/C21H19N5O2S/c22-21(29)26(18-6-2-1-3-7-18)19-8-4-5-15(13-19)20(28)24-16-9-11-17(12-10-16)25-23-14-27/h1-14,25H,(H2,22,29)(H,23,27)(H,24,28). The molecular weight excluding hydrogens is 386 g/mol. The van der Waals surface area contributed by atoms with E-state index in [1.807, 2.05) is 36.4 Å². The van der Waals surface area contributed by atoms with Crippen molar-refractivity contribution < 1.29 is 9.59 Å². The van der Waals surface area contributed by atoms with Crippen molar-refractivity contribution in [3.8, 4) is 0 Å². The van der Waals surface area contributed by atoms with Gasteiger partial charge in [-0.15, -0.1) is 0 Å². The largest absolute Gasteiger partial charge is 0.376 e. The molecule has 29 heavy (non-hydrogen) atoms. The van der Waals surface area contributed by atoms with E-state index < -0.39 is 0 Å². The maximum absolute atomic E-state index is 12.7. The van der Waals surface area contributed by atoms with Crippen molar-refractivity contribution in [2.75, 3.05) is 15.6 Å². The Kier molecular flexibility index (Phi) is 6.39. The SMILES string of the molecule is NC(=S)N(c1ccccc1)c1cccc(C(=O)Nc2ccc(NNC=O)cc2)c1. The van der Waals surface area contributed by atoms with Gasteiger partial charge in [-0.1, -0.05) is 24.3 Å². The highest BCUT2D eigenvalue weighted by molar-refractivity contribution is 7.80. The fourth-order valence-electron chi connectivity index (χ4n) is 2.72. The molecule has 0 bridgehead atoms. The van der Waals surface area contributed by atoms with Crippen LogP contribution < -0.4 is 26.8 Å². The molecule has 0 radical (unpaired) electrons. The highest BCUT2D eigenvalue weighted by atomic mass is 32.1. The molecule has 0 saturated carbocycles. The molecule has 5 N–H and O–H groups in total. The Morgan fingerprint density at radius 2 is 1.55 bits per heavy atom. The van der Waals surface area contributed by atoms with Crippen molar-refractivity contribution >= 4 is 52.4 Å². The second-order valence-electron chi connectivity index (χ2n) is 5.98. The van der Waals surface area contributed by atoms with Gasteiger partial charge in [-0.2, -0.15) is 0 Å². The molecule has 0 spiro atoms. The van der Waals surface area contributed by atoms with Crippen LogP contribution in [0, 0.1) is 0 Å². The molecule has 0 fully saturated rings. The van der Waals surface area contributed by atoms with Crippen molar-refractivity contribution in [3.63, 3.8) is 0 Å². The third kappa shape index (κ3) is 5.08. The molecule has 2 amide bonds. The molecule has 146 valence electrons. The number of anilines is 4. The van der Waals surface area contributed by atoms with Gasteiger partial charge >= 0.3 is 0 Å². The third-order valence-corrected chi connectivity index (χ3v) is 4.20. The van der Waals surface area contributed by atoms with Gasteiger partial charge in [0, 0.05) is 22.6 Å². The summed E-state index contributed by atoms with van der Waals surface area (Å²) in [4.78, 5) is 24.7. The van der Waals surface area contributed by atoms with Crippen LogP contribution in [0.3, 0.4) is 0 Å². The van der Waals surface area contributed by atoms with E-state index in [-0.39, 0.29) is 11.0 Å². The normalized spacial score (nSPS) is 9.93. The zero-order chi connectivity index (χ0) is 20.6. The summed E-state index contributed by atoms with van der Waals surface area (Å²) in [6.07, 6.45) is 0.536. The maximum atomic E-state index is 12.7. The average Bonchev–Trinajstić information content (AvgIpc) is 2.74. The molecule has 0 unspecified atom stereocenters. The van der Waals surface area contributed by atoms with Crippen LogP contribution in [0.5, 0.6) is 0 Å². The van der Waals surface area contributed by atoms with E-state index >= 15 is 0 Å². The first-order valence-corrected chi connectivity index (χ1v) is 9.10. The Morgan fingerprint density at radius 1 is 0.897 bits per heavy atom. The number of hydrogen-bond donors (Lipinski definition) is 4. The molecule has 0 aromatic heterocycles. The summed E-state index contributed by atoms with van der Waals surface area (Å²) in [6, 6.07) is 23.4. The van der Waals surface area contributed by atoms with E-state index in [0.29, 0.717) is 29.0 Å². The van der Waals surface area contributed by atoms with Gasteiger partial charge < -0.3 is 11.1 Å². The van der Waals surface area contributed by atoms with Gasteiger partial charge in [0.1, 0.15) is 0 Å². The Hall–Kier alpha value is -3.91. The van der Waals surface area contributed by atoms with Gasteiger partial charge in [-0.3, -0.25) is 25.3 Å². The minimum Gasteiger partial charge on any atom is -0.376 e. The van der Waals surface area contributed by atoms with Gasteiger partial charge in [0.15, 0.2) is 5.11 Å². The first-order valence-electron chi connectivity index (χ1n) is 8.70. The van der Waals surface area contributed by atoms with Gasteiger partial charge in [-0.05, 0) is 66.8 Å². The summed E-state index contributed by atoms with van der Waals surface area (Å²) in [5, 5.41) is 3.02. The molecule has 0 saturated heterocycles. The number of rotatable bonds is 7. The van der Waals surface area contributed by atoms with E-state index in [4.69, 9.17) is 18.0 Å². The lowest BCUT2D eigenvalue weighted by Gasteiger charge is -2.23. The minimum absolute atomic E-state index is 0.181. The van der Waals surface area contributed by atoms with E-state index in [1.165, 1.54) is 0 Å². The Balaban J connectivity index is 1.78. The van der Waals surface area contributed by atoms with Crippen LogP contribution in [0.2, 0.25) is 0 Å². The number of thiocarbonyl (C=S) groups is 1. The fourth-order valence-corrected chi connectivity index (χ4v) is 2.93. The summed E-state index contributed by atoms with van der Waals surface area (Å²) in [5.74, 6) is -0.269. The number of hydrogen-bond acceptors (Lipinski definition) is 4. The zero-order valence-corrected chi connectivity index (χ0v) is 16.1. The molecule has 0 aliphatic rings. The Bertz CT molecular complexity index is 1010. The first-order chi connectivity index (χ1) is 14.1. The number of carbonyl (C=O) groups is 2. The summed E-state index contributed by atoms with van der Waals surface area (Å²) in [7, 11) is 0. The van der Waals surface area contributed by atoms with E-state index in [0.717, 1.165) is 5.69 Å². The molecule has 0 heterocycles. The number of nitrogens with one attached hydrogen (secondary N) is 3. The van der Waals surface area contributed by atoms with Crippen LogP contribution in [-0.4, -0.2) is 17.4 Å². The van der Waals surface area contributed by atoms with Gasteiger partial charge in [0.25, 0.3) is 5.91 Å². The van der Waals surface area contributed by atoms with Gasteiger partial charge in [0.2, 0.25) is 6.41 Å². The fraction of sp³-hybridized carbons (Fsp3) is 0. The average molecular weight is 405 g/mol. The van der Waals surface area contributed by atoms with Crippen molar-refractivity contribution in [1.82, 2.24) is 5.43 Å². The molecule has 3 aromatic rings. The number of para-hydroxylation sites is 1. The quantitative estimate of drug-likeness (QED) is 0.273. The van der Waals surface area contributed by atoms with Gasteiger partial charge in [0.05, 0.1) is 5.69 Å². The predicted octanol–water partition coefficient (Wildman–Crippen LogP) is 3.39. The smallest absolute Gasteiger partial charge is 0.255 e. The molecule has 7 nitrogen and oxygen atoms in total. The van der Waals surface area contributed by atoms with Crippen molar-refractivity contribution in [2.24, 2.45) is 5.73 Å². The number of nitrogens with two attached hydrogens (primary N) is 1. The van der Waals surface area contributed by atoms with E-state index in [1.54, 1.807) is 47.4 Å². The maximum Gasteiger partial charge on any atom is 0.255 e. The molecule has 3 aromatic carbocycles. The third-order valence-electron chi connectivity index (χ3n) is 4.02. The lowest BCUT2D eigenvalue weighted by molar-refractivity contribution is -0.109. The van der Waals surface area contributed by atoms with Crippen LogP contribution in [0.25, 0.3) is 0 Å². The molecule has 0 atom stereocenters. The highest BCUT2D eigenvalue weighted by Gasteiger charge is 2.14. The van der Waals surface area contributed by atoms with Crippen LogP contribution in [0.15, 0.2) is 78.9 Å². The highest BCUT2D eigenvalue weighted by Crippen LogP contribution is 2.26. The number of hydrazine groups is 1. The second kappa shape index (κ2) is 9.34. The van der Waals surface area contributed by atoms with Crippen molar-refractivity contribution in [2.45, 2.75) is 0 Å². The van der Waals surface area contributed by atoms with Crippen LogP contribution in [-0.2, 0) is 4.79 Å². The molecular formula is C21H19N5O2S. The second-order valence-corrected chi connectivity index (χ2v) is 6.40. The monoisotopic (exact) mass is 405 g/mol. The number of benzene rings is 3. The molecule has 8 heteroatoms. The summed E-state index contributed by atoms with van der Waals surface area (Å²) in [5.41, 5.74) is 14.2. The lowest BCUT2D eigenvalue weighted by Crippen LogP contribution is -2.31. The predicted molar refractivity (Wildman–Crippen MR) is 119 cm³/mol. The number of amides is 2. The molecule has 0 aliphatic heterocycles. The number of carbonyl (C=O) groups excluding carboxylic acids is 2. The Labute approximate surface area is 173 Å². The van der Waals surface area contributed by atoms with Crippen LogP contribution >= 0.6 is 12.2 Å². The first kappa shape index (κ1) is 19.8. The lowest BCUT2D eigenvalue weighted by atomic mass is 10.1. The van der Waals surface area contributed by atoms with Crippen LogP contribution in [0.4, 0.5) is 22.7 Å².